The van der Waals surface area contributed by atoms with Crippen LogP contribution in [0.15, 0.2) is 60.9 Å². The number of nitrogens with zero attached hydrogens (tertiary/aromatic N) is 2. The van der Waals surface area contributed by atoms with Crippen LogP contribution in [0, 0.1) is 6.92 Å². The third-order valence-electron chi connectivity index (χ3n) is 3.87. The van der Waals surface area contributed by atoms with E-state index in [1.54, 1.807) is 6.20 Å². The lowest BCUT2D eigenvalue weighted by atomic mass is 10.1. The Labute approximate surface area is 137 Å². The molecule has 0 bridgehead atoms. The van der Waals surface area contributed by atoms with E-state index < -0.39 is 0 Å². The van der Waals surface area contributed by atoms with Crippen LogP contribution in [0.5, 0.6) is 0 Å². The molecule has 23 heavy (non-hydrogen) atoms. The molecule has 1 N–H and O–H groups in total. The van der Waals surface area contributed by atoms with Gasteiger partial charge in [-0.2, -0.15) is 0 Å². The zero-order valence-corrected chi connectivity index (χ0v) is 13.6. The number of aryl methyl sites for hydroxylation is 2. The molecule has 1 heterocycles. The van der Waals surface area contributed by atoms with Crippen molar-refractivity contribution in [3.63, 3.8) is 0 Å². The van der Waals surface area contributed by atoms with Gasteiger partial charge in [-0.3, -0.25) is 4.98 Å². The van der Waals surface area contributed by atoms with Gasteiger partial charge in [-0.05, 0) is 24.5 Å². The molecule has 0 amide bonds. The topological polar surface area (TPSA) is 37.8 Å². The average Bonchev–Trinajstić information content (AvgIpc) is 2.61. The largest absolute Gasteiger partial charge is 0.365 e. The summed E-state index contributed by atoms with van der Waals surface area (Å²) in [4.78, 5) is 8.97. The zero-order chi connectivity index (χ0) is 16.1. The molecule has 3 nitrogen and oxygen atoms in total. The minimum atomic E-state index is 0.751. The third kappa shape index (κ3) is 3.95. The second-order valence-corrected chi connectivity index (χ2v) is 5.68. The Morgan fingerprint density at radius 2 is 1.74 bits per heavy atom. The second-order valence-electron chi connectivity index (χ2n) is 5.68. The predicted octanol–water partition coefficient (Wildman–Crippen LogP) is 4.63. The molecular formula is C20H21N3. The standard InChI is InChI=1S/C20H21N3/c1-3-16-7-9-18(10-8-16)19-13-23-20(14-21-19)22-12-17-6-4-5-15(2)11-17/h4-11,13-14H,3,12H2,1-2H3,(H,22,23). The number of anilines is 1. The zero-order valence-electron chi connectivity index (χ0n) is 13.6. The van der Waals surface area contributed by atoms with Crippen molar-refractivity contribution in [2.45, 2.75) is 26.8 Å². The molecule has 116 valence electrons. The van der Waals surface area contributed by atoms with Crippen LogP contribution in [0.25, 0.3) is 11.3 Å². The Morgan fingerprint density at radius 3 is 2.39 bits per heavy atom. The summed E-state index contributed by atoms with van der Waals surface area (Å²) in [6, 6.07) is 16.9. The smallest absolute Gasteiger partial charge is 0.144 e. The summed E-state index contributed by atoms with van der Waals surface area (Å²) in [5.41, 5.74) is 5.83. The maximum atomic E-state index is 4.51. The van der Waals surface area contributed by atoms with Crippen LogP contribution in [0.1, 0.15) is 23.6 Å². The Balaban J connectivity index is 1.66. The van der Waals surface area contributed by atoms with E-state index in [9.17, 15) is 0 Å². The van der Waals surface area contributed by atoms with Crippen molar-refractivity contribution in [3.8, 4) is 11.3 Å². The number of benzene rings is 2. The van der Waals surface area contributed by atoms with Gasteiger partial charge >= 0.3 is 0 Å². The highest BCUT2D eigenvalue weighted by Crippen LogP contribution is 2.18. The Hall–Kier alpha value is -2.68. The summed E-state index contributed by atoms with van der Waals surface area (Å²) in [6.07, 6.45) is 4.66. The summed E-state index contributed by atoms with van der Waals surface area (Å²) in [5.74, 6) is 0.792. The first kappa shape index (κ1) is 15.2. The Bertz CT molecular complexity index is 762. The van der Waals surface area contributed by atoms with Crippen LogP contribution in [-0.2, 0) is 13.0 Å². The van der Waals surface area contributed by atoms with Gasteiger partial charge in [-0.15, -0.1) is 0 Å². The quantitative estimate of drug-likeness (QED) is 0.747. The van der Waals surface area contributed by atoms with Crippen molar-refractivity contribution < 1.29 is 0 Å². The van der Waals surface area contributed by atoms with Gasteiger partial charge in [0.15, 0.2) is 0 Å². The van der Waals surface area contributed by atoms with Crippen molar-refractivity contribution in [3.05, 3.63) is 77.6 Å². The molecule has 0 radical (unpaired) electrons. The van der Waals surface area contributed by atoms with E-state index in [0.717, 1.165) is 30.0 Å². The van der Waals surface area contributed by atoms with E-state index in [-0.39, 0.29) is 0 Å². The molecule has 2 aromatic carbocycles. The SMILES string of the molecule is CCc1ccc(-c2cnc(NCc3cccc(C)c3)cn2)cc1. The van der Waals surface area contributed by atoms with Crippen molar-refractivity contribution in [1.82, 2.24) is 9.97 Å². The maximum Gasteiger partial charge on any atom is 0.144 e. The van der Waals surface area contributed by atoms with E-state index in [1.807, 2.05) is 6.20 Å². The molecule has 0 atom stereocenters. The molecule has 3 heteroatoms. The van der Waals surface area contributed by atoms with E-state index in [1.165, 1.54) is 16.7 Å². The molecule has 3 rings (SSSR count). The van der Waals surface area contributed by atoms with Gasteiger partial charge in [-0.1, -0.05) is 61.0 Å². The first-order valence-corrected chi connectivity index (χ1v) is 7.95. The number of aromatic nitrogens is 2. The average molecular weight is 303 g/mol. The van der Waals surface area contributed by atoms with E-state index in [0.29, 0.717) is 0 Å². The van der Waals surface area contributed by atoms with Crippen LogP contribution in [-0.4, -0.2) is 9.97 Å². The molecule has 0 unspecified atom stereocenters. The van der Waals surface area contributed by atoms with Gasteiger partial charge < -0.3 is 5.32 Å². The molecule has 0 aliphatic rings. The lowest BCUT2D eigenvalue weighted by Crippen LogP contribution is -2.02. The van der Waals surface area contributed by atoms with E-state index in [4.69, 9.17) is 0 Å². The second kappa shape index (κ2) is 7.05. The normalized spacial score (nSPS) is 10.5. The molecule has 3 aromatic rings. The molecule has 0 saturated heterocycles. The van der Waals surface area contributed by atoms with Gasteiger partial charge in [0, 0.05) is 12.1 Å². The number of hydrogen-bond acceptors (Lipinski definition) is 3. The summed E-state index contributed by atoms with van der Waals surface area (Å²) in [5, 5.41) is 3.31. The number of nitrogens with one attached hydrogen (secondary N) is 1. The molecule has 0 spiro atoms. The fourth-order valence-electron chi connectivity index (χ4n) is 2.49. The van der Waals surface area contributed by atoms with Crippen LogP contribution < -0.4 is 5.32 Å². The highest BCUT2D eigenvalue weighted by Gasteiger charge is 2.01. The van der Waals surface area contributed by atoms with E-state index >= 15 is 0 Å². The van der Waals surface area contributed by atoms with Gasteiger partial charge in [0.05, 0.1) is 18.1 Å². The minimum Gasteiger partial charge on any atom is -0.365 e. The summed E-state index contributed by atoms with van der Waals surface area (Å²) in [7, 11) is 0. The van der Waals surface area contributed by atoms with E-state index in [2.05, 4.69) is 77.7 Å². The molecule has 0 saturated carbocycles. The first-order valence-electron chi connectivity index (χ1n) is 7.95. The summed E-state index contributed by atoms with van der Waals surface area (Å²) >= 11 is 0. The molecule has 1 aromatic heterocycles. The fourth-order valence-corrected chi connectivity index (χ4v) is 2.49. The minimum absolute atomic E-state index is 0.751. The number of rotatable bonds is 5. The fraction of sp³-hybridized carbons (Fsp3) is 0.200. The molecule has 0 aliphatic carbocycles. The van der Waals surface area contributed by atoms with Gasteiger partial charge in [0.2, 0.25) is 0 Å². The lowest BCUT2D eigenvalue weighted by molar-refractivity contribution is 1.08. The van der Waals surface area contributed by atoms with Crippen LogP contribution in [0.2, 0.25) is 0 Å². The first-order chi connectivity index (χ1) is 11.2. The Morgan fingerprint density at radius 1 is 0.913 bits per heavy atom. The van der Waals surface area contributed by atoms with Gasteiger partial charge in [-0.25, -0.2) is 4.98 Å². The van der Waals surface area contributed by atoms with Gasteiger partial charge in [0.1, 0.15) is 5.82 Å². The molecule has 0 fully saturated rings. The molecular weight excluding hydrogens is 282 g/mol. The summed E-state index contributed by atoms with van der Waals surface area (Å²) < 4.78 is 0. The van der Waals surface area contributed by atoms with Crippen LogP contribution >= 0.6 is 0 Å². The number of hydrogen-bond donors (Lipinski definition) is 1. The van der Waals surface area contributed by atoms with Crippen molar-refractivity contribution in [2.75, 3.05) is 5.32 Å². The van der Waals surface area contributed by atoms with Crippen LogP contribution in [0.4, 0.5) is 5.82 Å². The lowest BCUT2D eigenvalue weighted by Gasteiger charge is -2.07. The molecule has 0 aliphatic heterocycles. The maximum absolute atomic E-state index is 4.51. The van der Waals surface area contributed by atoms with Gasteiger partial charge in [0.25, 0.3) is 0 Å². The Kier molecular flexibility index (Phi) is 4.67. The predicted molar refractivity (Wildman–Crippen MR) is 95.4 cm³/mol. The summed E-state index contributed by atoms with van der Waals surface area (Å²) in [6.45, 7) is 5.01. The monoisotopic (exact) mass is 303 g/mol. The van der Waals surface area contributed by atoms with Crippen molar-refractivity contribution in [1.29, 1.82) is 0 Å². The highest BCUT2D eigenvalue weighted by molar-refractivity contribution is 5.59. The van der Waals surface area contributed by atoms with Crippen LogP contribution in [0.3, 0.4) is 0 Å². The highest BCUT2D eigenvalue weighted by atomic mass is 15.0. The van der Waals surface area contributed by atoms with Crippen molar-refractivity contribution in [2.24, 2.45) is 0 Å². The third-order valence-corrected chi connectivity index (χ3v) is 3.87. The van der Waals surface area contributed by atoms with Crippen molar-refractivity contribution >= 4 is 5.82 Å².